The molecule has 1 aromatic rings. The summed E-state index contributed by atoms with van der Waals surface area (Å²) in [6.07, 6.45) is 4.06. The molecule has 0 aromatic heterocycles. The lowest BCUT2D eigenvalue weighted by Gasteiger charge is -1.94. The molecule has 0 bridgehead atoms. The van der Waals surface area contributed by atoms with Crippen molar-refractivity contribution in [1.82, 2.24) is 0 Å². The van der Waals surface area contributed by atoms with E-state index >= 15 is 0 Å². The second kappa shape index (κ2) is 2.06. The van der Waals surface area contributed by atoms with Crippen molar-refractivity contribution in [3.05, 3.63) is 35.5 Å². The van der Waals surface area contributed by atoms with Gasteiger partial charge in [-0.05, 0) is 13.0 Å². The molecule has 1 heterocycles. The van der Waals surface area contributed by atoms with Crippen LogP contribution in [0.2, 0.25) is 0 Å². The first kappa shape index (κ1) is 6.35. The lowest BCUT2D eigenvalue weighted by Crippen LogP contribution is -1.87. The molecule has 0 saturated carbocycles. The van der Waals surface area contributed by atoms with Crippen LogP contribution in [0.1, 0.15) is 11.1 Å². The highest BCUT2D eigenvalue weighted by Crippen LogP contribution is 2.26. The van der Waals surface area contributed by atoms with Crippen LogP contribution in [-0.2, 0) is 0 Å². The summed E-state index contributed by atoms with van der Waals surface area (Å²) in [5.41, 5.74) is 3.75. The summed E-state index contributed by atoms with van der Waals surface area (Å²) >= 11 is 0. The Morgan fingerprint density at radius 2 is 2.18 bits per heavy atom. The van der Waals surface area contributed by atoms with Gasteiger partial charge >= 0.3 is 0 Å². The smallest absolute Gasteiger partial charge is 0.173 e. The average Bonchev–Trinajstić information content (AvgIpc) is 2.32. The van der Waals surface area contributed by atoms with Gasteiger partial charge < -0.3 is 0 Å². The molecule has 1 nitrogen and oxygen atoms in total. The van der Waals surface area contributed by atoms with E-state index in [9.17, 15) is 0 Å². The molecule has 0 saturated heterocycles. The van der Waals surface area contributed by atoms with Crippen molar-refractivity contribution in [2.75, 3.05) is 0 Å². The van der Waals surface area contributed by atoms with Gasteiger partial charge in [0, 0.05) is 12.1 Å². The lowest BCUT2D eigenvalue weighted by atomic mass is 10.1. The Morgan fingerprint density at radius 1 is 1.36 bits per heavy atom. The summed E-state index contributed by atoms with van der Waals surface area (Å²) in [5.74, 6) is 0. The molecule has 54 valence electrons. The Hall–Kier alpha value is -1.37. The highest BCUT2D eigenvalue weighted by Gasteiger charge is 2.14. The number of nitrogens with zero attached hydrogens (tertiary/aromatic N) is 1. The van der Waals surface area contributed by atoms with Gasteiger partial charge in [0.25, 0.3) is 0 Å². The van der Waals surface area contributed by atoms with E-state index in [0.717, 1.165) is 0 Å². The largest absolute Gasteiger partial charge is 0.217 e. The molecular formula is C10H10N+. The van der Waals surface area contributed by atoms with Crippen LogP contribution >= 0.6 is 0 Å². The van der Waals surface area contributed by atoms with Crippen LogP contribution in [0.3, 0.4) is 0 Å². The predicted molar refractivity (Wildman–Crippen MR) is 47.3 cm³/mol. The lowest BCUT2D eigenvalue weighted by molar-refractivity contribution is -0.344. The number of hydrogen-bond donors (Lipinski definition) is 0. The first-order valence-electron chi connectivity index (χ1n) is 3.66. The Balaban J connectivity index is 2.66. The van der Waals surface area contributed by atoms with Crippen LogP contribution in [0.15, 0.2) is 24.4 Å². The van der Waals surface area contributed by atoms with E-state index in [1.165, 1.54) is 16.8 Å². The molecule has 0 unspecified atom stereocenters. The third kappa shape index (κ3) is 0.891. The fourth-order valence-electron chi connectivity index (χ4n) is 1.32. The summed E-state index contributed by atoms with van der Waals surface area (Å²) in [6, 6.07) is 6.36. The van der Waals surface area contributed by atoms with Gasteiger partial charge in [-0.25, -0.2) is 0 Å². The molecule has 0 radical (unpaired) electrons. The minimum atomic E-state index is 1.19. The zero-order valence-electron chi connectivity index (χ0n) is 6.54. The van der Waals surface area contributed by atoms with Gasteiger partial charge in [-0.2, -0.15) is 4.58 Å². The molecule has 0 aliphatic carbocycles. The monoisotopic (exact) mass is 144 g/mol. The summed E-state index contributed by atoms with van der Waals surface area (Å²) < 4.78 is 1.88. The number of aryl methyl sites for hydroxylation is 1. The van der Waals surface area contributed by atoms with Crippen LogP contribution in [0.4, 0.5) is 5.69 Å². The van der Waals surface area contributed by atoms with Gasteiger partial charge in [0.15, 0.2) is 6.20 Å². The van der Waals surface area contributed by atoms with E-state index in [-0.39, 0.29) is 0 Å². The molecule has 1 heteroatoms. The zero-order chi connectivity index (χ0) is 7.84. The fourth-order valence-corrected chi connectivity index (χ4v) is 1.32. The standard InChI is InChI=1S/C10H10N/c1-8-3-4-10-9(7-8)5-6-11(10)2/h3-7H,2H2,1H3/q+1. The topological polar surface area (TPSA) is 3.01 Å². The van der Waals surface area contributed by atoms with Crippen molar-refractivity contribution in [3.8, 4) is 0 Å². The van der Waals surface area contributed by atoms with E-state index in [1.54, 1.807) is 0 Å². The van der Waals surface area contributed by atoms with Crippen LogP contribution in [-0.4, -0.2) is 11.3 Å². The van der Waals surface area contributed by atoms with E-state index in [1.807, 2.05) is 10.8 Å². The first-order chi connectivity index (χ1) is 5.27. The average molecular weight is 144 g/mol. The van der Waals surface area contributed by atoms with Crippen molar-refractivity contribution in [3.63, 3.8) is 0 Å². The molecule has 1 aliphatic rings. The highest BCUT2D eigenvalue weighted by molar-refractivity contribution is 5.65. The van der Waals surface area contributed by atoms with E-state index in [2.05, 4.69) is 37.9 Å². The molecule has 2 rings (SSSR count). The van der Waals surface area contributed by atoms with Crippen molar-refractivity contribution < 1.29 is 4.58 Å². The van der Waals surface area contributed by atoms with Gasteiger partial charge in [0.1, 0.15) is 6.72 Å². The fraction of sp³-hybridized carbons (Fsp3) is 0.100. The van der Waals surface area contributed by atoms with Crippen LogP contribution in [0, 0.1) is 6.92 Å². The summed E-state index contributed by atoms with van der Waals surface area (Å²) in [6.45, 7) is 5.95. The molecule has 0 N–H and O–H groups in total. The van der Waals surface area contributed by atoms with Gasteiger partial charge in [-0.15, -0.1) is 0 Å². The van der Waals surface area contributed by atoms with E-state index in [0.29, 0.717) is 0 Å². The second-order valence-electron chi connectivity index (χ2n) is 2.85. The maximum atomic E-state index is 3.86. The molecule has 0 amide bonds. The van der Waals surface area contributed by atoms with Gasteiger partial charge in [0.2, 0.25) is 5.69 Å². The molecule has 11 heavy (non-hydrogen) atoms. The predicted octanol–water partition coefficient (Wildman–Crippen LogP) is 2.32. The minimum absolute atomic E-state index is 1.19. The van der Waals surface area contributed by atoms with Gasteiger partial charge in [-0.3, -0.25) is 0 Å². The maximum Gasteiger partial charge on any atom is 0.217 e. The Labute approximate surface area is 66.3 Å². The number of hydrogen-bond acceptors (Lipinski definition) is 0. The second-order valence-corrected chi connectivity index (χ2v) is 2.85. The molecule has 1 aliphatic heterocycles. The molecule has 0 spiro atoms. The number of benzene rings is 1. The zero-order valence-corrected chi connectivity index (χ0v) is 6.54. The normalized spacial score (nSPS) is 13.7. The third-order valence-corrected chi connectivity index (χ3v) is 1.93. The molecule has 1 aromatic carbocycles. The van der Waals surface area contributed by atoms with E-state index in [4.69, 9.17) is 0 Å². The number of rotatable bonds is 0. The van der Waals surface area contributed by atoms with Gasteiger partial charge in [-0.1, -0.05) is 11.6 Å². The molecule has 0 fully saturated rings. The maximum absolute atomic E-state index is 3.86. The summed E-state index contributed by atoms with van der Waals surface area (Å²) in [5, 5.41) is 0. The third-order valence-electron chi connectivity index (χ3n) is 1.93. The highest BCUT2D eigenvalue weighted by atomic mass is 15.0. The van der Waals surface area contributed by atoms with Crippen LogP contribution < -0.4 is 0 Å². The molecular weight excluding hydrogens is 134 g/mol. The van der Waals surface area contributed by atoms with Gasteiger partial charge in [0.05, 0.1) is 5.56 Å². The summed E-state index contributed by atoms with van der Waals surface area (Å²) in [4.78, 5) is 0. The van der Waals surface area contributed by atoms with Crippen LogP contribution in [0.5, 0.6) is 0 Å². The quantitative estimate of drug-likeness (QED) is 0.491. The van der Waals surface area contributed by atoms with Crippen molar-refractivity contribution in [1.29, 1.82) is 0 Å². The van der Waals surface area contributed by atoms with Crippen molar-refractivity contribution in [2.45, 2.75) is 6.92 Å². The van der Waals surface area contributed by atoms with E-state index < -0.39 is 0 Å². The minimum Gasteiger partial charge on any atom is -0.173 e. The first-order valence-corrected chi connectivity index (χ1v) is 3.66. The Bertz CT molecular complexity index is 348. The molecule has 0 atom stereocenters. The van der Waals surface area contributed by atoms with Crippen LogP contribution in [0.25, 0.3) is 6.08 Å². The number of fused-ring (bicyclic) bond motifs is 1. The Kier molecular flexibility index (Phi) is 1.19. The van der Waals surface area contributed by atoms with Crippen molar-refractivity contribution >= 4 is 18.5 Å². The Morgan fingerprint density at radius 3 is 3.00 bits per heavy atom. The van der Waals surface area contributed by atoms with Crippen molar-refractivity contribution in [2.24, 2.45) is 0 Å². The summed E-state index contributed by atoms with van der Waals surface area (Å²) in [7, 11) is 0. The SMILES string of the molecule is C=[N+]1C=Cc2cc(C)ccc21.